The molecule has 1 radical (unpaired) electrons. The topological polar surface area (TPSA) is 53.4 Å². The van der Waals surface area contributed by atoms with Gasteiger partial charge in [-0.1, -0.05) is 45.9 Å². The van der Waals surface area contributed by atoms with Gasteiger partial charge in [0.2, 0.25) is 0 Å². The van der Waals surface area contributed by atoms with E-state index in [1.54, 1.807) is 0 Å². The second-order valence-corrected chi connectivity index (χ2v) is 11.2. The summed E-state index contributed by atoms with van der Waals surface area (Å²) in [6, 6.07) is 19.6. The summed E-state index contributed by atoms with van der Waals surface area (Å²) in [6.07, 6.45) is 8.85. The fourth-order valence-electron chi connectivity index (χ4n) is 7.30. The van der Waals surface area contributed by atoms with Crippen LogP contribution in [0.25, 0.3) is 22.0 Å². The van der Waals surface area contributed by atoms with Crippen LogP contribution in [0.3, 0.4) is 0 Å². The smallest absolute Gasteiger partial charge is 0.0651 e. The SMILES string of the molecule is CCC1(CC)CCC2CC(CC)(CC)C(O)C2C1O.Cc1cccc2c(-c3[c-]cccc3)nccc12.[Ir]. The molecule has 1 aromatic heterocycles. The summed E-state index contributed by atoms with van der Waals surface area (Å²) in [6.45, 7) is 10.9. The van der Waals surface area contributed by atoms with Crippen LogP contribution < -0.4 is 0 Å². The molecule has 37 heavy (non-hydrogen) atoms. The van der Waals surface area contributed by atoms with Crippen molar-refractivity contribution in [1.82, 2.24) is 4.98 Å². The first-order valence-corrected chi connectivity index (χ1v) is 14.0. The molecule has 2 aromatic carbocycles. The Hall–Kier alpha value is -1.58. The molecular formula is C33H44IrNO2-. The van der Waals surface area contributed by atoms with Crippen molar-refractivity contribution in [2.45, 2.75) is 91.8 Å². The molecular weight excluding hydrogens is 635 g/mol. The number of nitrogens with zero attached hydrogens (tertiary/aromatic N) is 1. The molecule has 5 rings (SSSR count). The maximum absolute atomic E-state index is 10.9. The standard InChI is InChI=1S/C17H32O2.C16H12N.Ir/c1-5-16(6-2)10-9-12-11-17(7-3,8-4)15(19)13(12)14(16)18;1-12-6-5-9-15-14(12)10-11-17-16(15)13-7-3-2-4-8-13;/h12-15,18-19H,5-11H2,1-4H3;2-7,9-11H,1H3;/q;-1;. The van der Waals surface area contributed by atoms with Crippen molar-refractivity contribution in [3.05, 3.63) is 66.4 Å². The fraction of sp³-hybridized carbons (Fsp3) is 0.545. The van der Waals surface area contributed by atoms with E-state index in [0.29, 0.717) is 5.92 Å². The van der Waals surface area contributed by atoms with E-state index >= 15 is 0 Å². The fourth-order valence-corrected chi connectivity index (χ4v) is 7.30. The maximum atomic E-state index is 10.9. The Morgan fingerprint density at radius 3 is 2.16 bits per heavy atom. The maximum Gasteiger partial charge on any atom is 0.0651 e. The van der Waals surface area contributed by atoms with Crippen LogP contribution in [0.15, 0.2) is 54.7 Å². The van der Waals surface area contributed by atoms with Gasteiger partial charge in [0.05, 0.1) is 12.2 Å². The van der Waals surface area contributed by atoms with E-state index in [1.807, 2.05) is 30.5 Å². The first kappa shape index (κ1) is 30.0. The zero-order valence-electron chi connectivity index (χ0n) is 23.1. The van der Waals surface area contributed by atoms with Crippen LogP contribution in [-0.2, 0) is 20.1 Å². The number of hydrogen-bond acceptors (Lipinski definition) is 3. The van der Waals surface area contributed by atoms with Gasteiger partial charge < -0.3 is 15.2 Å². The molecule has 3 nitrogen and oxygen atoms in total. The van der Waals surface area contributed by atoms with Gasteiger partial charge in [-0.15, -0.1) is 35.9 Å². The second kappa shape index (κ2) is 12.5. The van der Waals surface area contributed by atoms with Gasteiger partial charge in [0.1, 0.15) is 0 Å². The minimum absolute atomic E-state index is 0. The number of benzene rings is 2. The number of aromatic nitrogens is 1. The van der Waals surface area contributed by atoms with Gasteiger partial charge in [0, 0.05) is 32.2 Å². The molecule has 1 heterocycles. The largest absolute Gasteiger partial charge is 0.392 e. The number of fused-ring (bicyclic) bond motifs is 2. The van der Waals surface area contributed by atoms with Crippen LogP contribution in [-0.4, -0.2) is 27.4 Å². The zero-order chi connectivity index (χ0) is 25.9. The van der Waals surface area contributed by atoms with E-state index in [-0.39, 0.29) is 49.1 Å². The summed E-state index contributed by atoms with van der Waals surface area (Å²) >= 11 is 0. The molecule has 2 fully saturated rings. The normalized spacial score (nSPS) is 25.5. The molecule has 3 aromatic rings. The van der Waals surface area contributed by atoms with E-state index in [0.717, 1.165) is 49.8 Å². The van der Waals surface area contributed by atoms with Crippen LogP contribution in [0.4, 0.5) is 0 Å². The average molecular weight is 679 g/mol. The summed E-state index contributed by atoms with van der Waals surface area (Å²) in [5.41, 5.74) is 3.45. The summed E-state index contributed by atoms with van der Waals surface area (Å²) in [4.78, 5) is 4.49. The van der Waals surface area contributed by atoms with Crippen LogP contribution in [0.2, 0.25) is 0 Å². The minimum Gasteiger partial charge on any atom is -0.392 e. The summed E-state index contributed by atoms with van der Waals surface area (Å²) < 4.78 is 0. The quantitative estimate of drug-likeness (QED) is 0.272. The number of pyridine rings is 1. The van der Waals surface area contributed by atoms with Crippen molar-refractivity contribution in [3.63, 3.8) is 0 Å². The molecule has 203 valence electrons. The first-order chi connectivity index (χ1) is 17.4. The van der Waals surface area contributed by atoms with Crippen LogP contribution in [0, 0.1) is 35.7 Å². The molecule has 4 unspecified atom stereocenters. The van der Waals surface area contributed by atoms with E-state index in [4.69, 9.17) is 0 Å². The minimum atomic E-state index is -0.309. The predicted molar refractivity (Wildman–Crippen MR) is 150 cm³/mol. The van der Waals surface area contributed by atoms with Crippen LogP contribution in [0.5, 0.6) is 0 Å². The molecule has 4 heteroatoms. The summed E-state index contributed by atoms with van der Waals surface area (Å²) in [5, 5.41) is 24.2. The van der Waals surface area contributed by atoms with Gasteiger partial charge in [0.15, 0.2) is 0 Å². The van der Waals surface area contributed by atoms with Gasteiger partial charge in [-0.05, 0) is 96.7 Å². The molecule has 2 aliphatic carbocycles. The van der Waals surface area contributed by atoms with Crippen LogP contribution >= 0.6 is 0 Å². The van der Waals surface area contributed by atoms with E-state index in [9.17, 15) is 10.2 Å². The predicted octanol–water partition coefficient (Wildman–Crippen LogP) is 7.76. The monoisotopic (exact) mass is 679 g/mol. The zero-order valence-corrected chi connectivity index (χ0v) is 25.5. The van der Waals surface area contributed by atoms with E-state index < -0.39 is 0 Å². The molecule has 2 saturated carbocycles. The average Bonchev–Trinajstić information content (AvgIpc) is 3.22. The molecule has 0 aliphatic heterocycles. The molecule has 4 atom stereocenters. The van der Waals surface area contributed by atoms with Gasteiger partial charge in [-0.3, -0.25) is 0 Å². The molecule has 0 spiro atoms. The van der Waals surface area contributed by atoms with Crippen molar-refractivity contribution < 1.29 is 30.3 Å². The summed E-state index contributed by atoms with van der Waals surface area (Å²) in [7, 11) is 0. The molecule has 2 N–H and O–H groups in total. The molecule has 0 amide bonds. The number of aryl methyl sites for hydroxylation is 1. The van der Waals surface area contributed by atoms with Gasteiger partial charge in [-0.2, -0.15) is 0 Å². The Bertz CT molecular complexity index is 1130. The Morgan fingerprint density at radius 1 is 0.865 bits per heavy atom. The summed E-state index contributed by atoms with van der Waals surface area (Å²) in [5.74, 6) is 0.657. The number of aliphatic hydroxyl groups excluding tert-OH is 2. The van der Waals surface area contributed by atoms with Crippen molar-refractivity contribution in [1.29, 1.82) is 0 Å². The van der Waals surface area contributed by atoms with E-state index in [1.165, 1.54) is 22.8 Å². The van der Waals surface area contributed by atoms with Crippen molar-refractivity contribution in [2.24, 2.45) is 22.7 Å². The number of hydrogen-bond donors (Lipinski definition) is 2. The third kappa shape index (κ3) is 5.46. The van der Waals surface area contributed by atoms with Crippen molar-refractivity contribution >= 4 is 10.8 Å². The number of rotatable bonds is 5. The van der Waals surface area contributed by atoms with Gasteiger partial charge in [0.25, 0.3) is 0 Å². The first-order valence-electron chi connectivity index (χ1n) is 14.0. The van der Waals surface area contributed by atoms with Crippen LogP contribution in [0.1, 0.15) is 78.2 Å². The third-order valence-electron chi connectivity index (χ3n) is 10.0. The Labute approximate surface area is 237 Å². The Kier molecular flexibility index (Phi) is 10.1. The molecule has 0 saturated heterocycles. The van der Waals surface area contributed by atoms with Gasteiger partial charge in [-0.25, -0.2) is 0 Å². The Balaban J connectivity index is 0.000000201. The van der Waals surface area contributed by atoms with Gasteiger partial charge >= 0.3 is 0 Å². The Morgan fingerprint density at radius 2 is 1.54 bits per heavy atom. The number of aliphatic hydroxyl groups is 2. The third-order valence-corrected chi connectivity index (χ3v) is 10.0. The molecule has 2 aliphatic rings. The van der Waals surface area contributed by atoms with E-state index in [2.05, 4.69) is 69.9 Å². The second-order valence-electron chi connectivity index (χ2n) is 11.2. The molecule has 0 bridgehead atoms. The van der Waals surface area contributed by atoms with Crippen molar-refractivity contribution in [2.75, 3.05) is 0 Å². The van der Waals surface area contributed by atoms with Crippen molar-refractivity contribution in [3.8, 4) is 11.3 Å².